The van der Waals surface area contributed by atoms with E-state index in [1.165, 1.54) is 13.6 Å². The molecule has 70 valence electrons. The number of halogens is 1. The van der Waals surface area contributed by atoms with Gasteiger partial charge in [-0.15, -0.1) is 0 Å². The fourth-order valence-electron chi connectivity index (χ4n) is 0.996. The van der Waals surface area contributed by atoms with Gasteiger partial charge in [0.05, 0.1) is 0 Å². The zero-order chi connectivity index (χ0) is 9.52. The van der Waals surface area contributed by atoms with Crippen LogP contribution in [0.1, 0.15) is 12.5 Å². The first-order valence-corrected chi connectivity index (χ1v) is 6.95. The Kier molecular flexibility index (Phi) is 4.83. The molecular formula is C12H14I-. The first kappa shape index (κ1) is 10.5. The van der Waals surface area contributed by atoms with E-state index >= 15 is 0 Å². The van der Waals surface area contributed by atoms with E-state index in [4.69, 9.17) is 0 Å². The van der Waals surface area contributed by atoms with Crippen LogP contribution in [0.3, 0.4) is 0 Å². The zero-order valence-electron chi connectivity index (χ0n) is 7.83. The monoisotopic (exact) mass is 285 g/mol. The maximum atomic E-state index is 3.64. The standard InChI is InChI=1S/C12H14I/c1-3-5-6-11-7-9-12(10-8-11)13-4-2/h3,5-10H,1,4H2,2H3/q-1/b6-5-. The molecule has 1 heteroatoms. The van der Waals surface area contributed by atoms with Crippen molar-refractivity contribution >= 4 is 6.08 Å². The Balaban J connectivity index is 2.69. The molecule has 1 aromatic carbocycles. The summed E-state index contributed by atoms with van der Waals surface area (Å²) in [5.74, 6) is 0. The topological polar surface area (TPSA) is 0 Å². The summed E-state index contributed by atoms with van der Waals surface area (Å²) < 4.78 is 2.85. The van der Waals surface area contributed by atoms with Gasteiger partial charge in [-0.05, 0) is 0 Å². The summed E-state index contributed by atoms with van der Waals surface area (Å²) in [6, 6.07) is 8.81. The second-order valence-corrected chi connectivity index (χ2v) is 6.08. The van der Waals surface area contributed by atoms with Crippen molar-refractivity contribution in [2.75, 3.05) is 4.43 Å². The van der Waals surface area contributed by atoms with Crippen molar-refractivity contribution in [3.63, 3.8) is 0 Å². The average Bonchev–Trinajstić information content (AvgIpc) is 2.17. The Morgan fingerprint density at radius 2 is 2.00 bits per heavy atom. The van der Waals surface area contributed by atoms with Crippen molar-refractivity contribution in [2.24, 2.45) is 0 Å². The van der Waals surface area contributed by atoms with Crippen molar-refractivity contribution < 1.29 is 21.2 Å². The predicted octanol–water partition coefficient (Wildman–Crippen LogP) is 0.164. The quantitative estimate of drug-likeness (QED) is 0.420. The zero-order valence-corrected chi connectivity index (χ0v) is 9.99. The Morgan fingerprint density at radius 3 is 2.54 bits per heavy atom. The van der Waals surface area contributed by atoms with Gasteiger partial charge in [0, 0.05) is 0 Å². The SMILES string of the molecule is C=C/C=C\c1ccc([I-]CC)cc1. The van der Waals surface area contributed by atoms with Gasteiger partial charge in [-0.1, -0.05) is 0 Å². The van der Waals surface area contributed by atoms with Crippen LogP contribution >= 0.6 is 0 Å². The number of rotatable bonds is 4. The Bertz CT molecular complexity index is 282. The van der Waals surface area contributed by atoms with Gasteiger partial charge >= 0.3 is 90.8 Å². The second-order valence-electron chi connectivity index (χ2n) is 2.55. The maximum absolute atomic E-state index is 3.64. The molecule has 0 spiro atoms. The summed E-state index contributed by atoms with van der Waals surface area (Å²) in [6.07, 6.45) is 5.83. The van der Waals surface area contributed by atoms with E-state index in [1.54, 1.807) is 6.08 Å². The summed E-state index contributed by atoms with van der Waals surface area (Å²) in [6.45, 7) is 5.89. The van der Waals surface area contributed by atoms with E-state index in [0.717, 1.165) is 0 Å². The minimum atomic E-state index is 0.259. The fraction of sp³-hybridized carbons (Fsp3) is 0.167. The molecule has 0 aromatic heterocycles. The van der Waals surface area contributed by atoms with Crippen LogP contribution in [-0.4, -0.2) is 4.43 Å². The molecule has 1 aromatic rings. The molecule has 0 N–H and O–H groups in total. The van der Waals surface area contributed by atoms with Gasteiger partial charge in [0.15, 0.2) is 0 Å². The third-order valence-electron chi connectivity index (χ3n) is 1.58. The Hall–Kier alpha value is -0.570. The summed E-state index contributed by atoms with van der Waals surface area (Å²) >= 11 is 0.259. The molecule has 0 radical (unpaired) electrons. The van der Waals surface area contributed by atoms with Crippen molar-refractivity contribution in [1.82, 2.24) is 0 Å². The van der Waals surface area contributed by atoms with Crippen LogP contribution in [0.4, 0.5) is 0 Å². The molecule has 0 fully saturated rings. The van der Waals surface area contributed by atoms with Crippen LogP contribution in [0.2, 0.25) is 0 Å². The summed E-state index contributed by atoms with van der Waals surface area (Å²) in [7, 11) is 0. The molecule has 0 atom stereocenters. The molecule has 0 aliphatic rings. The van der Waals surface area contributed by atoms with Crippen LogP contribution in [0.15, 0.2) is 43.0 Å². The molecule has 13 heavy (non-hydrogen) atoms. The molecule has 1 rings (SSSR count). The van der Waals surface area contributed by atoms with Crippen LogP contribution in [0.5, 0.6) is 0 Å². The normalized spacial score (nSPS) is 10.8. The third-order valence-corrected chi connectivity index (χ3v) is 3.95. The van der Waals surface area contributed by atoms with Crippen molar-refractivity contribution in [3.8, 4) is 0 Å². The number of allylic oxidation sites excluding steroid dienone is 2. The van der Waals surface area contributed by atoms with E-state index in [9.17, 15) is 0 Å². The van der Waals surface area contributed by atoms with E-state index < -0.39 is 0 Å². The van der Waals surface area contributed by atoms with Crippen LogP contribution < -0.4 is 21.2 Å². The van der Waals surface area contributed by atoms with Crippen LogP contribution in [0.25, 0.3) is 6.08 Å². The molecule has 0 saturated heterocycles. The number of benzene rings is 1. The van der Waals surface area contributed by atoms with E-state index in [-0.39, 0.29) is 21.2 Å². The molecule has 0 aliphatic heterocycles. The van der Waals surface area contributed by atoms with Gasteiger partial charge in [0.1, 0.15) is 0 Å². The van der Waals surface area contributed by atoms with Gasteiger partial charge in [-0.2, -0.15) is 0 Å². The van der Waals surface area contributed by atoms with Gasteiger partial charge in [-0.25, -0.2) is 0 Å². The molecule has 0 heterocycles. The molecule has 0 bridgehead atoms. The number of hydrogen-bond acceptors (Lipinski definition) is 0. The van der Waals surface area contributed by atoms with Crippen LogP contribution in [0, 0.1) is 3.57 Å². The van der Waals surface area contributed by atoms with Crippen molar-refractivity contribution in [3.05, 3.63) is 52.1 Å². The van der Waals surface area contributed by atoms with Gasteiger partial charge in [0.2, 0.25) is 0 Å². The van der Waals surface area contributed by atoms with Gasteiger partial charge < -0.3 is 0 Å². The van der Waals surface area contributed by atoms with Gasteiger partial charge in [-0.3, -0.25) is 0 Å². The van der Waals surface area contributed by atoms with Crippen molar-refractivity contribution in [1.29, 1.82) is 0 Å². The Labute approximate surface area is 90.6 Å². The van der Waals surface area contributed by atoms with E-state index in [1.807, 2.05) is 6.08 Å². The van der Waals surface area contributed by atoms with Crippen molar-refractivity contribution in [2.45, 2.75) is 6.92 Å². The van der Waals surface area contributed by atoms with Crippen LogP contribution in [-0.2, 0) is 0 Å². The number of alkyl halides is 1. The summed E-state index contributed by atoms with van der Waals surface area (Å²) in [5.41, 5.74) is 1.25. The molecule has 0 amide bonds. The molecule has 0 saturated carbocycles. The third kappa shape index (κ3) is 3.77. The number of hydrogen-bond donors (Lipinski definition) is 0. The summed E-state index contributed by atoms with van der Waals surface area (Å²) in [5, 5.41) is 0. The average molecular weight is 285 g/mol. The minimum absolute atomic E-state index is 0.259. The fourth-order valence-corrected chi connectivity index (χ4v) is 2.75. The molecule has 0 nitrogen and oxygen atoms in total. The second kappa shape index (κ2) is 5.97. The first-order chi connectivity index (χ1) is 6.36. The molecule has 0 aliphatic carbocycles. The van der Waals surface area contributed by atoms with E-state index in [0.29, 0.717) is 0 Å². The van der Waals surface area contributed by atoms with Gasteiger partial charge in [0.25, 0.3) is 0 Å². The Morgan fingerprint density at radius 1 is 1.31 bits per heavy atom. The molecular weight excluding hydrogens is 271 g/mol. The predicted molar refractivity (Wildman–Crippen MR) is 54.9 cm³/mol. The van der Waals surface area contributed by atoms with E-state index in [2.05, 4.69) is 43.8 Å². The first-order valence-electron chi connectivity index (χ1n) is 4.35. The summed E-state index contributed by atoms with van der Waals surface area (Å²) in [4.78, 5) is 0. The molecule has 0 unspecified atom stereocenters.